The zero-order valence-corrected chi connectivity index (χ0v) is 22.4. The normalized spacial score (nSPS) is 12.6. The lowest BCUT2D eigenvalue weighted by Crippen LogP contribution is -2.20. The van der Waals surface area contributed by atoms with Crippen LogP contribution in [0.4, 0.5) is 5.88 Å². The van der Waals surface area contributed by atoms with Crippen molar-refractivity contribution >= 4 is 15.9 Å². The number of nitrogens with zero attached hydrogens (tertiary/aromatic N) is 3. The predicted octanol–water partition coefficient (Wildman–Crippen LogP) is 6.22. The first-order valence-corrected chi connectivity index (χ1v) is 14.0. The maximum Gasteiger partial charge on any atom is 0.241 e. The van der Waals surface area contributed by atoms with Gasteiger partial charge < -0.3 is 9.09 Å². The highest BCUT2D eigenvalue weighted by atomic mass is 32.2. The molecule has 190 valence electrons. The summed E-state index contributed by atoms with van der Waals surface area (Å²) in [5.74, 6) is 1.28. The molecule has 0 amide bonds. The molecule has 4 rings (SSSR count). The van der Waals surface area contributed by atoms with E-state index >= 15 is 0 Å². The third-order valence-corrected chi connectivity index (χ3v) is 8.27. The van der Waals surface area contributed by atoms with Gasteiger partial charge in [-0.25, -0.2) is 13.4 Å². The number of aryl methyl sites for hydroxylation is 3. The Morgan fingerprint density at radius 3 is 2.42 bits per heavy atom. The molecule has 4 aromatic rings. The van der Waals surface area contributed by atoms with Crippen LogP contribution in [0.3, 0.4) is 0 Å². The second-order valence-corrected chi connectivity index (χ2v) is 11.2. The average molecular weight is 507 g/mol. The summed E-state index contributed by atoms with van der Waals surface area (Å²) in [7, 11) is -3.76. The molecule has 0 saturated carbocycles. The molecule has 2 heterocycles. The summed E-state index contributed by atoms with van der Waals surface area (Å²) in [5.41, 5.74) is 6.20. The number of aromatic nitrogens is 3. The number of sulfonamides is 1. The SMILES string of the molecule is CCCc1nc(CC)cn1Cc1ccc(-c2ccccc2C(C)S(=O)(=O)Nc2onc(C)c2C)cc1. The predicted molar refractivity (Wildman–Crippen MR) is 144 cm³/mol. The number of hydrogen-bond donors (Lipinski definition) is 1. The number of benzene rings is 2. The van der Waals surface area contributed by atoms with E-state index in [1.807, 2.05) is 24.3 Å². The fraction of sp³-hybridized carbons (Fsp3) is 0.357. The van der Waals surface area contributed by atoms with Gasteiger partial charge >= 0.3 is 0 Å². The molecule has 1 atom stereocenters. The van der Waals surface area contributed by atoms with E-state index in [1.54, 1.807) is 20.8 Å². The van der Waals surface area contributed by atoms with Crippen molar-refractivity contribution in [2.75, 3.05) is 4.72 Å². The smallest absolute Gasteiger partial charge is 0.241 e. The number of anilines is 1. The Kier molecular flexibility index (Phi) is 7.64. The van der Waals surface area contributed by atoms with Crippen molar-refractivity contribution in [2.45, 2.75) is 65.7 Å². The summed E-state index contributed by atoms with van der Waals surface area (Å²) >= 11 is 0. The molecule has 2 aromatic carbocycles. The molecule has 0 fully saturated rings. The molecule has 36 heavy (non-hydrogen) atoms. The molecule has 1 unspecified atom stereocenters. The number of imidazole rings is 1. The third-order valence-electron chi connectivity index (χ3n) is 6.62. The highest BCUT2D eigenvalue weighted by Crippen LogP contribution is 2.34. The fourth-order valence-corrected chi connectivity index (χ4v) is 5.41. The van der Waals surface area contributed by atoms with Crippen LogP contribution in [0.25, 0.3) is 11.1 Å². The molecule has 8 heteroatoms. The van der Waals surface area contributed by atoms with Crippen molar-refractivity contribution in [1.29, 1.82) is 0 Å². The Bertz CT molecular complexity index is 1440. The van der Waals surface area contributed by atoms with Gasteiger partial charge in [0.15, 0.2) is 0 Å². The second kappa shape index (κ2) is 10.7. The minimum absolute atomic E-state index is 0.161. The zero-order valence-electron chi connectivity index (χ0n) is 21.6. The minimum atomic E-state index is -3.76. The van der Waals surface area contributed by atoms with E-state index in [9.17, 15) is 8.42 Å². The maximum absolute atomic E-state index is 13.2. The molecule has 0 aliphatic carbocycles. The van der Waals surface area contributed by atoms with Gasteiger partial charge in [0.1, 0.15) is 11.1 Å². The van der Waals surface area contributed by atoms with Crippen LogP contribution in [-0.4, -0.2) is 23.1 Å². The molecule has 0 spiro atoms. The lowest BCUT2D eigenvalue weighted by Gasteiger charge is -2.18. The summed E-state index contributed by atoms with van der Waals surface area (Å²) in [6.45, 7) is 10.3. The molecule has 0 saturated heterocycles. The van der Waals surface area contributed by atoms with Crippen LogP contribution in [0.5, 0.6) is 0 Å². The van der Waals surface area contributed by atoms with Gasteiger partial charge in [0, 0.05) is 24.7 Å². The van der Waals surface area contributed by atoms with Crippen LogP contribution in [0.2, 0.25) is 0 Å². The van der Waals surface area contributed by atoms with Crippen molar-refractivity contribution in [3.05, 3.63) is 88.6 Å². The standard InChI is InChI=1S/C28H34N4O3S/c1-6-10-27-29-24(7-2)18-32(27)17-22-13-15-23(16-14-22)26-12-9-8-11-25(26)21(5)36(33,34)31-28-19(3)20(4)30-35-28/h8-9,11-16,18,21,31H,6-7,10,17H2,1-5H3. The first kappa shape index (κ1) is 25.7. The van der Waals surface area contributed by atoms with Crippen molar-refractivity contribution in [2.24, 2.45) is 0 Å². The molecule has 0 aliphatic heterocycles. The molecule has 0 aliphatic rings. The van der Waals surface area contributed by atoms with Gasteiger partial charge in [-0.05, 0) is 55.9 Å². The van der Waals surface area contributed by atoms with Gasteiger partial charge in [0.05, 0.1) is 11.4 Å². The first-order chi connectivity index (χ1) is 17.2. The Balaban J connectivity index is 1.58. The summed E-state index contributed by atoms with van der Waals surface area (Å²) in [4.78, 5) is 4.76. The van der Waals surface area contributed by atoms with E-state index in [-0.39, 0.29) is 5.88 Å². The number of nitrogens with one attached hydrogen (secondary N) is 1. The molecule has 2 aromatic heterocycles. The molecule has 0 radical (unpaired) electrons. The van der Waals surface area contributed by atoms with Crippen LogP contribution >= 0.6 is 0 Å². The van der Waals surface area contributed by atoms with Gasteiger partial charge in [-0.1, -0.05) is 67.5 Å². The van der Waals surface area contributed by atoms with Crippen LogP contribution in [-0.2, 0) is 29.4 Å². The number of hydrogen-bond acceptors (Lipinski definition) is 5. The van der Waals surface area contributed by atoms with Gasteiger partial charge in [-0.2, -0.15) is 0 Å². The summed E-state index contributed by atoms with van der Waals surface area (Å²) < 4.78 is 36.4. The van der Waals surface area contributed by atoms with E-state index in [0.29, 0.717) is 11.3 Å². The van der Waals surface area contributed by atoms with Crippen molar-refractivity contribution < 1.29 is 12.9 Å². The van der Waals surface area contributed by atoms with Crippen LogP contribution in [0, 0.1) is 13.8 Å². The highest BCUT2D eigenvalue weighted by Gasteiger charge is 2.27. The first-order valence-electron chi connectivity index (χ1n) is 12.4. The van der Waals surface area contributed by atoms with Crippen LogP contribution < -0.4 is 4.72 Å². The zero-order chi connectivity index (χ0) is 25.9. The van der Waals surface area contributed by atoms with Crippen LogP contribution in [0.1, 0.15) is 66.3 Å². The van der Waals surface area contributed by atoms with E-state index in [4.69, 9.17) is 9.51 Å². The number of rotatable bonds is 10. The molecule has 7 nitrogen and oxygen atoms in total. The Morgan fingerprint density at radius 1 is 1.06 bits per heavy atom. The topological polar surface area (TPSA) is 90.0 Å². The quantitative estimate of drug-likeness (QED) is 0.276. The van der Waals surface area contributed by atoms with Crippen molar-refractivity contribution in [3.8, 4) is 11.1 Å². The summed E-state index contributed by atoms with van der Waals surface area (Å²) in [5, 5.41) is 3.05. The van der Waals surface area contributed by atoms with Gasteiger partial charge in [-0.15, -0.1) is 0 Å². The fourth-order valence-electron chi connectivity index (χ4n) is 4.24. The second-order valence-electron chi connectivity index (χ2n) is 9.18. The molecule has 0 bridgehead atoms. The van der Waals surface area contributed by atoms with Gasteiger partial charge in [0.25, 0.3) is 0 Å². The minimum Gasteiger partial charge on any atom is -0.337 e. The average Bonchev–Trinajstić information content (AvgIpc) is 3.41. The lowest BCUT2D eigenvalue weighted by atomic mass is 9.97. The van der Waals surface area contributed by atoms with Crippen molar-refractivity contribution in [1.82, 2.24) is 14.7 Å². The molecular weight excluding hydrogens is 472 g/mol. The van der Waals surface area contributed by atoms with E-state index in [1.165, 1.54) is 5.56 Å². The van der Waals surface area contributed by atoms with Crippen molar-refractivity contribution in [3.63, 3.8) is 0 Å². The van der Waals surface area contributed by atoms with Gasteiger partial charge in [-0.3, -0.25) is 4.72 Å². The summed E-state index contributed by atoms with van der Waals surface area (Å²) in [6, 6.07) is 15.9. The summed E-state index contributed by atoms with van der Waals surface area (Å²) in [6.07, 6.45) is 5.08. The van der Waals surface area contributed by atoms with E-state index in [2.05, 4.69) is 58.8 Å². The largest absolute Gasteiger partial charge is 0.337 e. The van der Waals surface area contributed by atoms with E-state index < -0.39 is 15.3 Å². The Hall–Kier alpha value is -3.39. The lowest BCUT2D eigenvalue weighted by molar-refractivity contribution is 0.430. The Morgan fingerprint density at radius 2 is 1.78 bits per heavy atom. The Labute approximate surface area is 213 Å². The monoisotopic (exact) mass is 506 g/mol. The highest BCUT2D eigenvalue weighted by molar-refractivity contribution is 7.92. The third kappa shape index (κ3) is 5.38. The van der Waals surface area contributed by atoms with Gasteiger partial charge in [0.2, 0.25) is 15.9 Å². The molecule has 1 N–H and O–H groups in total. The molecular formula is C28H34N4O3S. The maximum atomic E-state index is 13.2. The van der Waals surface area contributed by atoms with E-state index in [0.717, 1.165) is 54.0 Å². The van der Waals surface area contributed by atoms with Crippen LogP contribution in [0.15, 0.2) is 59.3 Å².